The number of carbonyl (C=O) groups excluding carboxylic acids is 1. The van der Waals surface area contributed by atoms with Gasteiger partial charge in [-0.1, -0.05) is 70.1 Å². The molecule has 32 heavy (non-hydrogen) atoms. The van der Waals surface area contributed by atoms with Crippen molar-refractivity contribution in [3.8, 4) is 0 Å². The number of benzene rings is 3. The van der Waals surface area contributed by atoms with E-state index in [1.807, 2.05) is 6.92 Å². The first-order valence-corrected chi connectivity index (χ1v) is 12.8. The first kappa shape index (κ1) is 22.2. The highest BCUT2D eigenvalue weighted by Crippen LogP contribution is 2.40. The van der Waals surface area contributed by atoms with Crippen LogP contribution in [-0.4, -0.2) is 31.6 Å². The third-order valence-electron chi connectivity index (χ3n) is 5.32. The van der Waals surface area contributed by atoms with Crippen molar-refractivity contribution in [3.05, 3.63) is 95.6 Å². The smallest absolute Gasteiger partial charge is 0.272 e. The lowest BCUT2D eigenvalue weighted by atomic mass is 10.1. The highest BCUT2D eigenvalue weighted by Gasteiger charge is 2.52. The number of aryl methyl sites for hydroxylation is 2. The molecule has 0 aromatic heterocycles. The number of rotatable bonds is 5. The van der Waals surface area contributed by atoms with Crippen LogP contribution in [0.5, 0.6) is 0 Å². The Morgan fingerprint density at radius 3 is 1.66 bits per heavy atom. The van der Waals surface area contributed by atoms with Gasteiger partial charge in [0.1, 0.15) is 0 Å². The second-order valence-corrected chi connectivity index (χ2v) is 11.2. The third-order valence-corrected chi connectivity index (χ3v) is 8.91. The molecule has 3 aromatic carbocycles. The normalized spacial score (nSPS) is 17.6. The van der Waals surface area contributed by atoms with E-state index in [1.54, 1.807) is 61.5 Å². The van der Waals surface area contributed by atoms with E-state index >= 15 is 0 Å². The van der Waals surface area contributed by atoms with Gasteiger partial charge in [-0.2, -0.15) is 8.42 Å². The van der Waals surface area contributed by atoms with Gasteiger partial charge in [0.05, 0.1) is 22.3 Å². The molecule has 1 heterocycles. The van der Waals surface area contributed by atoms with Crippen LogP contribution in [0.1, 0.15) is 29.2 Å². The van der Waals surface area contributed by atoms with Crippen LogP contribution < -0.4 is 0 Å². The maximum Gasteiger partial charge on any atom is 0.281 e. The zero-order valence-corrected chi connectivity index (χ0v) is 19.2. The molecule has 0 radical (unpaired) electrons. The number of amides is 1. The summed E-state index contributed by atoms with van der Waals surface area (Å²) in [6.45, 7) is 3.62. The third kappa shape index (κ3) is 3.83. The molecule has 0 aliphatic carbocycles. The minimum Gasteiger partial charge on any atom is -0.272 e. The fraction of sp³-hybridized carbons (Fsp3) is 0.174. The molecule has 1 aliphatic rings. The number of nitrogens with zero attached hydrogens (tertiary/aromatic N) is 2. The summed E-state index contributed by atoms with van der Waals surface area (Å²) in [5.41, 5.74) is 2.21. The fourth-order valence-electron chi connectivity index (χ4n) is 3.61. The molecule has 1 atom stereocenters. The van der Waals surface area contributed by atoms with Crippen molar-refractivity contribution >= 4 is 26.0 Å². The van der Waals surface area contributed by atoms with Crippen molar-refractivity contribution in [3.63, 3.8) is 0 Å². The standard InChI is InChI=1S/C23H22N2O5S2/c1-17-8-12-20(13-9-17)31(27,28)24-22(19-6-4-3-5-7-19)16-23(26)25(24)32(29,30)21-14-10-18(2)11-15-21/h3-15,22H,16H2,1-2H3/t22-/m0/s1. The average Bonchev–Trinajstić information content (AvgIpc) is 3.14. The Labute approximate surface area is 188 Å². The quantitative estimate of drug-likeness (QED) is 0.568. The number of carbonyl (C=O) groups is 1. The summed E-state index contributed by atoms with van der Waals surface area (Å²) in [5.74, 6) is -0.810. The van der Waals surface area contributed by atoms with Gasteiger partial charge < -0.3 is 0 Å². The second-order valence-electron chi connectivity index (χ2n) is 7.68. The zero-order chi connectivity index (χ0) is 23.1. The van der Waals surface area contributed by atoms with Crippen molar-refractivity contribution in [1.29, 1.82) is 0 Å². The van der Waals surface area contributed by atoms with E-state index in [0.29, 0.717) is 14.4 Å². The molecule has 3 aromatic rings. The molecule has 0 saturated carbocycles. The largest absolute Gasteiger partial charge is 0.281 e. The summed E-state index contributed by atoms with van der Waals surface area (Å²) < 4.78 is 55.4. The SMILES string of the molecule is Cc1ccc(S(=O)(=O)N2C(=O)C[C@@H](c3ccccc3)N2S(=O)(=O)c2ccc(C)cc2)cc1. The Hall–Kier alpha value is -3.01. The Kier molecular flexibility index (Phi) is 5.66. The highest BCUT2D eigenvalue weighted by atomic mass is 32.2. The molecule has 1 amide bonds. The molecule has 1 aliphatic heterocycles. The predicted octanol–water partition coefficient (Wildman–Crippen LogP) is 3.57. The molecular formula is C23H22N2O5S2. The molecule has 1 saturated heterocycles. The first-order chi connectivity index (χ1) is 15.1. The van der Waals surface area contributed by atoms with Gasteiger partial charge in [-0.05, 0) is 43.7 Å². The van der Waals surface area contributed by atoms with Crippen molar-refractivity contribution < 1.29 is 21.6 Å². The van der Waals surface area contributed by atoms with Crippen molar-refractivity contribution in [2.75, 3.05) is 0 Å². The lowest BCUT2D eigenvalue weighted by molar-refractivity contribution is -0.126. The van der Waals surface area contributed by atoms with E-state index in [-0.39, 0.29) is 16.2 Å². The number of hydrogen-bond acceptors (Lipinski definition) is 5. The highest BCUT2D eigenvalue weighted by molar-refractivity contribution is 7.92. The van der Waals surface area contributed by atoms with Crippen LogP contribution >= 0.6 is 0 Å². The number of hydrogen-bond donors (Lipinski definition) is 0. The molecule has 0 N–H and O–H groups in total. The first-order valence-electron chi connectivity index (χ1n) is 9.93. The summed E-state index contributed by atoms with van der Waals surface area (Å²) in [6, 6.07) is 19.6. The van der Waals surface area contributed by atoms with Gasteiger partial charge in [0, 0.05) is 0 Å². The lowest BCUT2D eigenvalue weighted by Gasteiger charge is -2.30. The van der Waals surface area contributed by atoms with Gasteiger partial charge in [-0.3, -0.25) is 4.79 Å². The zero-order valence-electron chi connectivity index (χ0n) is 17.5. The summed E-state index contributed by atoms with van der Waals surface area (Å²) in [5, 5.41) is 0. The van der Waals surface area contributed by atoms with Crippen molar-refractivity contribution in [1.82, 2.24) is 8.83 Å². The van der Waals surface area contributed by atoms with E-state index in [2.05, 4.69) is 0 Å². The summed E-state index contributed by atoms with van der Waals surface area (Å²) in [4.78, 5) is 12.8. The monoisotopic (exact) mass is 470 g/mol. The van der Waals surface area contributed by atoms with E-state index < -0.39 is 32.0 Å². The fourth-order valence-corrected chi connectivity index (χ4v) is 7.00. The van der Waals surface area contributed by atoms with Crippen LogP contribution in [0.2, 0.25) is 0 Å². The Morgan fingerprint density at radius 1 is 0.688 bits per heavy atom. The molecule has 0 unspecified atom stereocenters. The second kappa shape index (κ2) is 8.16. The summed E-state index contributed by atoms with van der Waals surface area (Å²) in [7, 11) is -8.84. The van der Waals surface area contributed by atoms with Gasteiger partial charge in [-0.15, -0.1) is 4.41 Å². The maximum atomic E-state index is 13.7. The predicted molar refractivity (Wildman–Crippen MR) is 119 cm³/mol. The topological polar surface area (TPSA) is 91.8 Å². The van der Waals surface area contributed by atoms with Gasteiger partial charge >= 0.3 is 0 Å². The van der Waals surface area contributed by atoms with E-state index in [0.717, 1.165) is 11.1 Å². The van der Waals surface area contributed by atoms with Crippen LogP contribution in [0.4, 0.5) is 0 Å². The molecule has 4 rings (SSSR count). The summed E-state index contributed by atoms with van der Waals surface area (Å²) >= 11 is 0. The minimum atomic E-state index is -4.46. The van der Waals surface area contributed by atoms with E-state index in [4.69, 9.17) is 0 Å². The van der Waals surface area contributed by atoms with Gasteiger partial charge in [0.25, 0.3) is 26.0 Å². The Balaban J connectivity index is 1.90. The molecular weight excluding hydrogens is 448 g/mol. The van der Waals surface area contributed by atoms with E-state index in [1.165, 1.54) is 24.3 Å². The average molecular weight is 471 g/mol. The minimum absolute atomic E-state index is 0.0946. The summed E-state index contributed by atoms with van der Waals surface area (Å²) in [6.07, 6.45) is -0.291. The van der Waals surface area contributed by atoms with E-state index in [9.17, 15) is 21.6 Å². The maximum absolute atomic E-state index is 13.7. The van der Waals surface area contributed by atoms with Crippen LogP contribution in [0.15, 0.2) is 88.7 Å². The van der Waals surface area contributed by atoms with Crippen LogP contribution in [-0.2, 0) is 24.8 Å². The molecule has 9 heteroatoms. The van der Waals surface area contributed by atoms with Crippen LogP contribution in [0, 0.1) is 13.8 Å². The lowest BCUT2D eigenvalue weighted by Crippen LogP contribution is -2.47. The Bertz CT molecular complexity index is 1350. The molecule has 166 valence electrons. The number of sulfonamides is 2. The van der Waals surface area contributed by atoms with Crippen LogP contribution in [0.25, 0.3) is 0 Å². The molecule has 7 nitrogen and oxygen atoms in total. The van der Waals surface area contributed by atoms with Gasteiger partial charge in [0.2, 0.25) is 0 Å². The van der Waals surface area contributed by atoms with Crippen molar-refractivity contribution in [2.24, 2.45) is 0 Å². The van der Waals surface area contributed by atoms with Gasteiger partial charge in [-0.25, -0.2) is 8.42 Å². The van der Waals surface area contributed by atoms with Crippen LogP contribution in [0.3, 0.4) is 0 Å². The van der Waals surface area contributed by atoms with Crippen molar-refractivity contribution in [2.45, 2.75) is 36.1 Å². The molecule has 1 fully saturated rings. The van der Waals surface area contributed by atoms with Gasteiger partial charge in [0.15, 0.2) is 0 Å². The molecule has 0 spiro atoms. The molecule has 0 bridgehead atoms. The number of hydrazine groups is 1. The Morgan fingerprint density at radius 2 is 1.16 bits per heavy atom.